The summed E-state index contributed by atoms with van der Waals surface area (Å²) in [5.41, 5.74) is 3.39. The van der Waals surface area contributed by atoms with Gasteiger partial charge in [-0.15, -0.1) is 0 Å². The van der Waals surface area contributed by atoms with Gasteiger partial charge >= 0.3 is 0 Å². The fourth-order valence-electron chi connectivity index (χ4n) is 4.73. The number of hydrogen-bond donors (Lipinski definition) is 1. The summed E-state index contributed by atoms with van der Waals surface area (Å²) in [7, 11) is 0. The highest BCUT2D eigenvalue weighted by molar-refractivity contribution is 5.97. The Balaban J connectivity index is 1.27. The van der Waals surface area contributed by atoms with Crippen LogP contribution in [0.1, 0.15) is 49.7 Å². The highest BCUT2D eigenvalue weighted by atomic mass is 16.5. The minimum Gasteiger partial charge on any atom is -0.490 e. The smallest absolute Gasteiger partial charge is 0.270 e. The number of ether oxygens (including phenoxy) is 2. The second-order valence-electron chi connectivity index (χ2n) is 8.70. The van der Waals surface area contributed by atoms with Crippen LogP contribution in [0.3, 0.4) is 0 Å². The van der Waals surface area contributed by atoms with Crippen molar-refractivity contribution in [2.24, 2.45) is 5.92 Å². The van der Waals surface area contributed by atoms with Gasteiger partial charge in [0.1, 0.15) is 5.69 Å². The number of hydrogen-bond acceptors (Lipinski definition) is 5. The molecule has 0 spiro atoms. The van der Waals surface area contributed by atoms with Crippen LogP contribution in [0.15, 0.2) is 41.0 Å². The maximum Gasteiger partial charge on any atom is 0.270 e. The molecule has 0 aliphatic carbocycles. The first kappa shape index (κ1) is 24.7. The maximum absolute atomic E-state index is 13.1. The molecule has 1 aliphatic heterocycles. The molecule has 2 aromatic heterocycles. The molecule has 35 heavy (non-hydrogen) atoms. The number of amides is 2. The third-order valence-corrected chi connectivity index (χ3v) is 6.53. The van der Waals surface area contributed by atoms with Gasteiger partial charge in [0.15, 0.2) is 17.1 Å². The van der Waals surface area contributed by atoms with E-state index in [1.165, 1.54) is 0 Å². The number of furan rings is 1. The van der Waals surface area contributed by atoms with E-state index in [1.54, 1.807) is 6.26 Å². The molecule has 188 valence electrons. The quantitative estimate of drug-likeness (QED) is 0.468. The third-order valence-electron chi connectivity index (χ3n) is 6.53. The van der Waals surface area contributed by atoms with E-state index in [0.29, 0.717) is 64.3 Å². The Kier molecular flexibility index (Phi) is 8.00. The van der Waals surface area contributed by atoms with Crippen molar-refractivity contribution in [1.29, 1.82) is 0 Å². The number of aryl methyl sites for hydroxylation is 1. The molecule has 1 saturated heterocycles. The summed E-state index contributed by atoms with van der Waals surface area (Å²) in [5, 5.41) is 3.07. The van der Waals surface area contributed by atoms with Crippen LogP contribution in [0, 0.1) is 5.92 Å². The molecular formula is C27H35N3O5. The maximum atomic E-state index is 13.1. The first-order valence-electron chi connectivity index (χ1n) is 12.6. The number of nitrogens with one attached hydrogen (secondary N) is 1. The van der Waals surface area contributed by atoms with E-state index < -0.39 is 0 Å². The van der Waals surface area contributed by atoms with Crippen LogP contribution in [-0.2, 0) is 17.8 Å². The van der Waals surface area contributed by atoms with Gasteiger partial charge in [-0.2, -0.15) is 0 Å². The lowest BCUT2D eigenvalue weighted by Crippen LogP contribution is -2.43. The summed E-state index contributed by atoms with van der Waals surface area (Å²) in [6, 6.07) is 9.61. The van der Waals surface area contributed by atoms with Crippen molar-refractivity contribution in [2.45, 2.75) is 46.6 Å². The Morgan fingerprint density at radius 1 is 1.03 bits per heavy atom. The summed E-state index contributed by atoms with van der Waals surface area (Å²) < 4.78 is 18.8. The van der Waals surface area contributed by atoms with Crippen LogP contribution >= 0.6 is 0 Å². The molecule has 2 amide bonds. The number of aromatic nitrogens is 1. The molecular weight excluding hydrogens is 446 g/mol. The number of benzene rings is 1. The highest BCUT2D eigenvalue weighted by Gasteiger charge is 2.29. The number of likely N-dealkylation sites (tertiary alicyclic amines) is 1. The van der Waals surface area contributed by atoms with Crippen LogP contribution in [0.25, 0.3) is 11.1 Å². The van der Waals surface area contributed by atoms with Gasteiger partial charge in [-0.05, 0) is 57.7 Å². The molecule has 0 saturated carbocycles. The number of fused-ring (bicyclic) bond motifs is 1. The van der Waals surface area contributed by atoms with Gasteiger partial charge in [-0.3, -0.25) is 9.59 Å². The molecule has 1 aromatic carbocycles. The van der Waals surface area contributed by atoms with E-state index >= 15 is 0 Å². The number of carbonyl (C=O) groups is 2. The van der Waals surface area contributed by atoms with Crippen molar-refractivity contribution in [3.8, 4) is 11.5 Å². The number of rotatable bonds is 10. The molecule has 0 radical (unpaired) electrons. The molecule has 0 atom stereocenters. The van der Waals surface area contributed by atoms with Crippen LogP contribution < -0.4 is 14.8 Å². The largest absolute Gasteiger partial charge is 0.490 e. The molecule has 1 fully saturated rings. The number of piperidine rings is 1. The van der Waals surface area contributed by atoms with Crippen LogP contribution in [0.4, 0.5) is 0 Å². The van der Waals surface area contributed by atoms with Crippen molar-refractivity contribution < 1.29 is 23.5 Å². The molecule has 1 N–H and O–H groups in total. The van der Waals surface area contributed by atoms with E-state index in [2.05, 4.69) is 5.32 Å². The Hall–Kier alpha value is -3.42. The summed E-state index contributed by atoms with van der Waals surface area (Å²) in [5.74, 6) is 1.45. The zero-order valence-electron chi connectivity index (χ0n) is 20.8. The molecule has 3 heterocycles. The predicted molar refractivity (Wildman–Crippen MR) is 134 cm³/mol. The first-order valence-corrected chi connectivity index (χ1v) is 12.6. The van der Waals surface area contributed by atoms with Gasteiger partial charge in [0.25, 0.3) is 5.91 Å². The van der Waals surface area contributed by atoms with Crippen LogP contribution in [0.5, 0.6) is 11.5 Å². The van der Waals surface area contributed by atoms with Gasteiger partial charge in [-0.1, -0.05) is 6.07 Å². The van der Waals surface area contributed by atoms with Crippen molar-refractivity contribution in [2.75, 3.05) is 32.8 Å². The van der Waals surface area contributed by atoms with Gasteiger partial charge in [0.2, 0.25) is 5.91 Å². The topological polar surface area (TPSA) is 85.9 Å². The molecule has 3 aromatic rings. The zero-order valence-corrected chi connectivity index (χ0v) is 20.8. The lowest BCUT2D eigenvalue weighted by molar-refractivity contribution is -0.126. The lowest BCUT2D eigenvalue weighted by atomic mass is 9.95. The number of carbonyl (C=O) groups excluding carboxylic acids is 2. The van der Waals surface area contributed by atoms with Crippen LogP contribution in [-0.4, -0.2) is 54.1 Å². The number of nitrogens with zero attached hydrogens (tertiary/aromatic N) is 2. The summed E-state index contributed by atoms with van der Waals surface area (Å²) in [6.45, 7) is 9.46. The van der Waals surface area contributed by atoms with Crippen LogP contribution in [0.2, 0.25) is 0 Å². The van der Waals surface area contributed by atoms with E-state index in [-0.39, 0.29) is 17.7 Å². The van der Waals surface area contributed by atoms with Crippen molar-refractivity contribution in [3.63, 3.8) is 0 Å². The molecule has 0 unspecified atom stereocenters. The second kappa shape index (κ2) is 11.3. The van der Waals surface area contributed by atoms with E-state index in [9.17, 15) is 9.59 Å². The Bertz CT molecular complexity index is 1160. The average molecular weight is 482 g/mol. The molecule has 1 aliphatic rings. The summed E-state index contributed by atoms with van der Waals surface area (Å²) in [4.78, 5) is 27.7. The fourth-order valence-corrected chi connectivity index (χ4v) is 4.73. The van der Waals surface area contributed by atoms with Gasteiger partial charge in [-0.25, -0.2) is 0 Å². The average Bonchev–Trinajstić information content (AvgIpc) is 3.47. The standard InChI is InChI=1S/C27H35N3O5/c1-4-30-21-12-16-35-24(21)18-22(30)27(32)29-14-10-20(11-15-29)26(31)28-13-9-19-7-8-23(33-5-2)25(17-19)34-6-3/h7-8,12,16-18,20H,4-6,9-11,13-15H2,1-3H3,(H,28,31). The molecule has 4 rings (SSSR count). The van der Waals surface area contributed by atoms with Gasteiger partial charge in [0.05, 0.1) is 25.0 Å². The first-order chi connectivity index (χ1) is 17.0. The molecule has 8 heteroatoms. The third kappa shape index (κ3) is 5.47. The van der Waals surface area contributed by atoms with Gasteiger partial charge in [0, 0.05) is 44.2 Å². The van der Waals surface area contributed by atoms with E-state index in [0.717, 1.165) is 28.2 Å². The van der Waals surface area contributed by atoms with Crippen molar-refractivity contribution in [3.05, 3.63) is 47.9 Å². The molecule has 0 bridgehead atoms. The fraction of sp³-hybridized carbons (Fsp3) is 0.481. The molecule has 8 nitrogen and oxygen atoms in total. The van der Waals surface area contributed by atoms with E-state index in [4.69, 9.17) is 13.9 Å². The van der Waals surface area contributed by atoms with Crippen molar-refractivity contribution in [1.82, 2.24) is 14.8 Å². The predicted octanol–water partition coefficient (Wildman–Crippen LogP) is 4.26. The van der Waals surface area contributed by atoms with Crippen molar-refractivity contribution >= 4 is 22.9 Å². The summed E-state index contributed by atoms with van der Waals surface area (Å²) in [6.07, 6.45) is 3.68. The Morgan fingerprint density at radius 2 is 1.77 bits per heavy atom. The normalized spacial score (nSPS) is 14.3. The lowest BCUT2D eigenvalue weighted by Gasteiger charge is -2.31. The monoisotopic (exact) mass is 481 g/mol. The SMILES string of the molecule is CCOc1ccc(CCNC(=O)C2CCN(C(=O)c3cc4occc4n3CC)CC2)cc1OCC. The Labute approximate surface area is 206 Å². The minimum absolute atomic E-state index is 0.00212. The minimum atomic E-state index is -0.0763. The summed E-state index contributed by atoms with van der Waals surface area (Å²) >= 11 is 0. The second-order valence-corrected chi connectivity index (χ2v) is 8.70. The highest BCUT2D eigenvalue weighted by Crippen LogP contribution is 2.29. The van der Waals surface area contributed by atoms with Gasteiger partial charge < -0.3 is 28.7 Å². The Morgan fingerprint density at radius 3 is 2.49 bits per heavy atom. The van der Waals surface area contributed by atoms with E-state index in [1.807, 2.05) is 60.6 Å². The zero-order chi connectivity index (χ0) is 24.8.